The number of ketones is 1. The largest absolute Gasteiger partial charge is 0.481 e. The molecule has 0 aromatic rings. The molecule has 0 heterocycles. The Bertz CT molecular complexity index is 305. The van der Waals surface area contributed by atoms with Crippen LogP contribution >= 0.6 is 0 Å². The minimum atomic E-state index is -1.04. The number of carbonyl (C=O) groups excluding carboxylic acids is 2. The van der Waals surface area contributed by atoms with E-state index in [0.29, 0.717) is 0 Å². The van der Waals surface area contributed by atoms with Crippen LogP contribution < -0.4 is 5.32 Å². The van der Waals surface area contributed by atoms with Crippen LogP contribution in [0.1, 0.15) is 40.5 Å². The van der Waals surface area contributed by atoms with Gasteiger partial charge < -0.3 is 15.2 Å². The first-order valence-corrected chi connectivity index (χ1v) is 5.36. The van der Waals surface area contributed by atoms with Crippen LogP contribution in [0.15, 0.2) is 0 Å². The van der Waals surface area contributed by atoms with Gasteiger partial charge in [0.2, 0.25) is 0 Å². The van der Waals surface area contributed by atoms with Crippen LogP contribution in [0.3, 0.4) is 0 Å². The number of alkyl carbamates (subject to hydrolysis) is 1. The van der Waals surface area contributed by atoms with E-state index in [1.165, 1.54) is 6.92 Å². The summed E-state index contributed by atoms with van der Waals surface area (Å²) in [6.07, 6.45) is -1.03. The zero-order valence-electron chi connectivity index (χ0n) is 10.6. The van der Waals surface area contributed by atoms with E-state index in [9.17, 15) is 14.4 Å². The first-order chi connectivity index (χ1) is 7.61. The summed E-state index contributed by atoms with van der Waals surface area (Å²) >= 11 is 0. The van der Waals surface area contributed by atoms with E-state index >= 15 is 0 Å². The highest BCUT2D eigenvalue weighted by Gasteiger charge is 2.21. The van der Waals surface area contributed by atoms with E-state index in [1.54, 1.807) is 20.8 Å². The van der Waals surface area contributed by atoms with Crippen molar-refractivity contribution in [1.82, 2.24) is 5.32 Å². The Hall–Kier alpha value is -1.59. The Morgan fingerprint density at radius 2 is 1.76 bits per heavy atom. The Labute approximate surface area is 100 Å². The Morgan fingerprint density at radius 3 is 2.18 bits per heavy atom. The van der Waals surface area contributed by atoms with Crippen molar-refractivity contribution in [2.45, 2.75) is 52.2 Å². The lowest BCUT2D eigenvalue weighted by atomic mass is 10.1. The van der Waals surface area contributed by atoms with Crippen molar-refractivity contribution in [3.63, 3.8) is 0 Å². The second kappa shape index (κ2) is 6.22. The minimum absolute atomic E-state index is 0.105. The maximum Gasteiger partial charge on any atom is 0.408 e. The molecule has 0 bridgehead atoms. The molecular formula is C11H19NO5. The van der Waals surface area contributed by atoms with Gasteiger partial charge in [-0.15, -0.1) is 0 Å². The number of carbonyl (C=O) groups is 3. The molecule has 0 saturated carbocycles. The lowest BCUT2D eigenvalue weighted by Gasteiger charge is -2.21. The number of Topliss-reactive ketones (excluding diaryl/α,β-unsaturated/α-hetero) is 1. The highest BCUT2D eigenvalue weighted by molar-refractivity contribution is 5.89. The molecule has 0 spiro atoms. The number of aliphatic carboxylic acids is 1. The third-order valence-corrected chi connectivity index (χ3v) is 1.80. The zero-order chi connectivity index (χ0) is 13.6. The van der Waals surface area contributed by atoms with E-state index in [-0.39, 0.29) is 18.6 Å². The van der Waals surface area contributed by atoms with Gasteiger partial charge >= 0.3 is 12.1 Å². The van der Waals surface area contributed by atoms with Gasteiger partial charge in [-0.05, 0) is 27.7 Å². The van der Waals surface area contributed by atoms with E-state index in [1.807, 2.05) is 0 Å². The third-order valence-electron chi connectivity index (χ3n) is 1.80. The second-order valence-electron chi connectivity index (χ2n) is 4.73. The number of hydrogen-bond acceptors (Lipinski definition) is 4. The summed E-state index contributed by atoms with van der Waals surface area (Å²) in [5, 5.41) is 10.8. The predicted octanol–water partition coefficient (Wildman–Crippen LogP) is 1.33. The van der Waals surface area contributed by atoms with Gasteiger partial charge in [-0.3, -0.25) is 9.59 Å². The molecule has 0 aliphatic rings. The molecule has 17 heavy (non-hydrogen) atoms. The summed E-state index contributed by atoms with van der Waals surface area (Å²) in [5.74, 6) is -1.37. The molecule has 0 rings (SSSR count). The number of carboxylic acid groups (broad SMARTS) is 1. The van der Waals surface area contributed by atoms with Gasteiger partial charge in [0.25, 0.3) is 0 Å². The highest BCUT2D eigenvalue weighted by atomic mass is 16.6. The van der Waals surface area contributed by atoms with Gasteiger partial charge in [-0.2, -0.15) is 0 Å². The summed E-state index contributed by atoms with van der Waals surface area (Å²) in [4.78, 5) is 33.0. The molecule has 0 saturated heterocycles. The maximum atomic E-state index is 11.4. The molecule has 0 aromatic carbocycles. The van der Waals surface area contributed by atoms with Crippen LogP contribution in [0.2, 0.25) is 0 Å². The van der Waals surface area contributed by atoms with Crippen LogP contribution in [0.5, 0.6) is 0 Å². The summed E-state index contributed by atoms with van der Waals surface area (Å²) in [6, 6.07) is -0.746. The average Bonchev–Trinajstić information content (AvgIpc) is 2.10. The molecule has 0 radical (unpaired) electrons. The van der Waals surface area contributed by atoms with Gasteiger partial charge in [-0.25, -0.2) is 4.79 Å². The topological polar surface area (TPSA) is 92.7 Å². The first kappa shape index (κ1) is 15.4. The summed E-state index contributed by atoms with van der Waals surface area (Å²) in [7, 11) is 0. The smallest absolute Gasteiger partial charge is 0.408 e. The Kier molecular flexibility index (Phi) is 5.64. The number of hydrogen-bond donors (Lipinski definition) is 2. The number of carboxylic acids is 1. The fourth-order valence-corrected chi connectivity index (χ4v) is 1.01. The Morgan fingerprint density at radius 1 is 1.24 bits per heavy atom. The van der Waals surface area contributed by atoms with Crippen molar-refractivity contribution in [2.24, 2.45) is 0 Å². The van der Waals surface area contributed by atoms with E-state index < -0.39 is 23.7 Å². The maximum absolute atomic E-state index is 11.4. The fraction of sp³-hybridized carbons (Fsp3) is 0.727. The highest BCUT2D eigenvalue weighted by Crippen LogP contribution is 2.07. The predicted molar refractivity (Wildman–Crippen MR) is 60.7 cm³/mol. The van der Waals surface area contributed by atoms with Crippen molar-refractivity contribution in [3.8, 4) is 0 Å². The summed E-state index contributed by atoms with van der Waals surface area (Å²) < 4.78 is 4.97. The molecule has 6 heteroatoms. The quantitative estimate of drug-likeness (QED) is 0.762. The van der Waals surface area contributed by atoms with Crippen molar-refractivity contribution in [2.75, 3.05) is 0 Å². The van der Waals surface area contributed by atoms with Gasteiger partial charge in [0.05, 0.1) is 12.5 Å². The van der Waals surface area contributed by atoms with E-state index in [0.717, 1.165) is 0 Å². The van der Waals surface area contributed by atoms with Crippen LogP contribution in [0.4, 0.5) is 4.79 Å². The van der Waals surface area contributed by atoms with Crippen LogP contribution in [0, 0.1) is 0 Å². The second-order valence-corrected chi connectivity index (χ2v) is 4.73. The SMILES string of the molecule is C[C@H](NC(=O)OC(C)(C)C)C(=O)CCC(=O)O. The lowest BCUT2D eigenvalue weighted by molar-refractivity contribution is -0.138. The number of rotatable bonds is 5. The molecule has 0 aliphatic carbocycles. The molecule has 0 aliphatic heterocycles. The molecule has 0 aromatic heterocycles. The fourth-order valence-electron chi connectivity index (χ4n) is 1.01. The number of amides is 1. The van der Waals surface area contributed by atoms with Gasteiger partial charge in [0, 0.05) is 6.42 Å². The number of nitrogens with one attached hydrogen (secondary N) is 1. The first-order valence-electron chi connectivity index (χ1n) is 5.36. The lowest BCUT2D eigenvalue weighted by Crippen LogP contribution is -2.41. The average molecular weight is 245 g/mol. The molecule has 1 atom stereocenters. The molecule has 2 N–H and O–H groups in total. The molecule has 1 amide bonds. The molecule has 0 fully saturated rings. The van der Waals surface area contributed by atoms with Gasteiger partial charge in [0.15, 0.2) is 5.78 Å². The minimum Gasteiger partial charge on any atom is -0.481 e. The zero-order valence-corrected chi connectivity index (χ0v) is 10.6. The van der Waals surface area contributed by atoms with Crippen LogP contribution in [0.25, 0.3) is 0 Å². The van der Waals surface area contributed by atoms with Crippen molar-refractivity contribution < 1.29 is 24.2 Å². The van der Waals surface area contributed by atoms with Crippen molar-refractivity contribution in [3.05, 3.63) is 0 Å². The molecule has 98 valence electrons. The summed E-state index contributed by atoms with van der Waals surface area (Å²) in [6.45, 7) is 6.63. The standard InChI is InChI=1S/C11H19NO5/c1-7(8(13)5-6-9(14)15)12-10(16)17-11(2,3)4/h7H,5-6H2,1-4H3,(H,12,16)(H,14,15)/t7-/m0/s1. The van der Waals surface area contributed by atoms with Crippen molar-refractivity contribution >= 4 is 17.8 Å². The molecule has 0 unspecified atom stereocenters. The van der Waals surface area contributed by atoms with Crippen LogP contribution in [-0.2, 0) is 14.3 Å². The monoisotopic (exact) mass is 245 g/mol. The van der Waals surface area contributed by atoms with E-state index in [2.05, 4.69) is 5.32 Å². The van der Waals surface area contributed by atoms with Crippen LogP contribution in [-0.4, -0.2) is 34.6 Å². The third kappa shape index (κ3) is 8.24. The summed E-state index contributed by atoms with van der Waals surface area (Å²) in [5.41, 5.74) is -0.631. The number of ether oxygens (including phenoxy) is 1. The van der Waals surface area contributed by atoms with Gasteiger partial charge in [-0.1, -0.05) is 0 Å². The molecular weight excluding hydrogens is 226 g/mol. The Balaban J connectivity index is 4.08. The normalized spacial score (nSPS) is 12.7. The van der Waals surface area contributed by atoms with Gasteiger partial charge in [0.1, 0.15) is 5.60 Å². The van der Waals surface area contributed by atoms with Crippen molar-refractivity contribution in [1.29, 1.82) is 0 Å². The molecule has 6 nitrogen and oxygen atoms in total. The van der Waals surface area contributed by atoms with E-state index in [4.69, 9.17) is 9.84 Å².